The molecule has 2 rings (SSSR count). The molecule has 9 heavy (non-hydrogen) atoms. The van der Waals surface area contributed by atoms with E-state index in [0.29, 0.717) is 0 Å². The lowest BCUT2D eigenvalue weighted by Gasteiger charge is -2.09. The van der Waals surface area contributed by atoms with Gasteiger partial charge >= 0.3 is 0 Å². The summed E-state index contributed by atoms with van der Waals surface area (Å²) in [6.07, 6.45) is 2.79. The van der Waals surface area contributed by atoms with Gasteiger partial charge in [-0.05, 0) is 31.2 Å². The Balaban J connectivity index is 1.81. The number of nitrogens with one attached hydrogen (secondary N) is 1. The Morgan fingerprint density at radius 1 is 1.33 bits per heavy atom. The zero-order valence-corrected chi connectivity index (χ0v) is 5.60. The zero-order chi connectivity index (χ0) is 6.10. The Bertz CT molecular complexity index is 93.1. The van der Waals surface area contributed by atoms with E-state index >= 15 is 0 Å². The minimum absolute atomic E-state index is 0.767. The first-order chi connectivity index (χ1) is 4.47. The van der Waals surface area contributed by atoms with Crippen LogP contribution in [-0.2, 0) is 4.74 Å². The molecule has 2 heteroatoms. The van der Waals surface area contributed by atoms with Gasteiger partial charge in [0, 0.05) is 0 Å². The number of hydrogen-bond acceptors (Lipinski definition) is 2. The molecule has 1 aliphatic carbocycles. The molecule has 0 aromatic heterocycles. The van der Waals surface area contributed by atoms with Crippen molar-refractivity contribution in [2.24, 2.45) is 11.8 Å². The molecule has 2 fully saturated rings. The van der Waals surface area contributed by atoms with Crippen molar-refractivity contribution in [2.45, 2.75) is 12.8 Å². The van der Waals surface area contributed by atoms with Crippen LogP contribution in [-0.4, -0.2) is 19.9 Å². The van der Waals surface area contributed by atoms with Crippen LogP contribution in [0.5, 0.6) is 0 Å². The molecule has 2 aliphatic rings. The molecule has 0 bridgehead atoms. The summed E-state index contributed by atoms with van der Waals surface area (Å²) in [6, 6.07) is 0. The topological polar surface area (TPSA) is 21.3 Å². The molecule has 0 radical (unpaired) electrons. The number of fused-ring (bicyclic) bond motifs is 1. The summed E-state index contributed by atoms with van der Waals surface area (Å²) in [5.74, 6) is 1.92. The van der Waals surface area contributed by atoms with Crippen LogP contribution in [0.4, 0.5) is 0 Å². The highest BCUT2D eigenvalue weighted by Gasteiger charge is 2.36. The summed E-state index contributed by atoms with van der Waals surface area (Å²) in [7, 11) is 0. The van der Waals surface area contributed by atoms with Crippen LogP contribution in [0, 0.1) is 11.8 Å². The molecule has 0 spiro atoms. The fraction of sp³-hybridized carbons (Fsp3) is 1.00. The quantitative estimate of drug-likeness (QED) is 0.514. The fourth-order valence-electron chi connectivity index (χ4n) is 1.51. The van der Waals surface area contributed by atoms with E-state index in [0.717, 1.165) is 31.7 Å². The summed E-state index contributed by atoms with van der Waals surface area (Å²) in [4.78, 5) is 0. The van der Waals surface area contributed by atoms with Crippen molar-refractivity contribution in [3.05, 3.63) is 0 Å². The van der Waals surface area contributed by atoms with Gasteiger partial charge in [-0.25, -0.2) is 0 Å². The normalized spacial score (nSPS) is 42.7. The summed E-state index contributed by atoms with van der Waals surface area (Å²) < 4.78 is 5.32. The van der Waals surface area contributed by atoms with E-state index in [9.17, 15) is 0 Å². The lowest BCUT2D eigenvalue weighted by molar-refractivity contribution is 0.0959. The monoisotopic (exact) mass is 127 g/mol. The van der Waals surface area contributed by atoms with Crippen LogP contribution < -0.4 is 5.32 Å². The first-order valence-electron chi connectivity index (χ1n) is 3.75. The second-order valence-corrected chi connectivity index (χ2v) is 3.06. The Hall–Kier alpha value is -0.0800. The first-order valence-corrected chi connectivity index (χ1v) is 3.75. The van der Waals surface area contributed by atoms with E-state index in [1.807, 2.05) is 0 Å². The Kier molecular flexibility index (Phi) is 1.44. The lowest BCUT2D eigenvalue weighted by atomic mass is 10.2. The van der Waals surface area contributed by atoms with E-state index in [1.54, 1.807) is 0 Å². The highest BCUT2D eigenvalue weighted by atomic mass is 16.5. The average Bonchev–Trinajstić information content (AvgIpc) is 2.46. The van der Waals surface area contributed by atoms with Gasteiger partial charge in [0.05, 0.1) is 13.3 Å². The maximum atomic E-state index is 5.32. The maximum absolute atomic E-state index is 5.32. The van der Waals surface area contributed by atoms with E-state index in [1.165, 1.54) is 12.8 Å². The first kappa shape index (κ1) is 5.69. The largest absolute Gasteiger partial charge is 0.366 e. The molecule has 0 aromatic carbocycles. The van der Waals surface area contributed by atoms with Crippen molar-refractivity contribution in [2.75, 3.05) is 19.9 Å². The van der Waals surface area contributed by atoms with E-state index in [2.05, 4.69) is 5.32 Å². The van der Waals surface area contributed by atoms with Crippen molar-refractivity contribution in [3.8, 4) is 0 Å². The van der Waals surface area contributed by atoms with Gasteiger partial charge < -0.3 is 4.74 Å². The second kappa shape index (κ2) is 2.27. The van der Waals surface area contributed by atoms with E-state index < -0.39 is 0 Å². The van der Waals surface area contributed by atoms with Gasteiger partial charge in [-0.15, -0.1) is 0 Å². The summed E-state index contributed by atoms with van der Waals surface area (Å²) in [5.41, 5.74) is 0. The van der Waals surface area contributed by atoms with Crippen molar-refractivity contribution < 1.29 is 4.74 Å². The smallest absolute Gasteiger partial charge is 0.0965 e. The molecule has 1 N–H and O–H groups in total. The third-order valence-corrected chi connectivity index (χ3v) is 2.30. The predicted molar refractivity (Wildman–Crippen MR) is 35.0 cm³/mol. The highest BCUT2D eigenvalue weighted by Crippen LogP contribution is 2.41. The van der Waals surface area contributed by atoms with Crippen LogP contribution in [0.15, 0.2) is 0 Å². The Labute approximate surface area is 55.6 Å². The lowest BCUT2D eigenvalue weighted by Crippen LogP contribution is -2.22. The molecule has 2 atom stereocenters. The van der Waals surface area contributed by atoms with Gasteiger partial charge in [0.25, 0.3) is 0 Å². The minimum atomic E-state index is 0.767. The van der Waals surface area contributed by atoms with Gasteiger partial charge in [-0.3, -0.25) is 5.32 Å². The van der Waals surface area contributed by atoms with Gasteiger partial charge in [0.2, 0.25) is 0 Å². The van der Waals surface area contributed by atoms with Crippen LogP contribution in [0.3, 0.4) is 0 Å². The number of rotatable bonds is 0. The third kappa shape index (κ3) is 1.25. The molecule has 0 unspecified atom stereocenters. The molecule has 1 saturated heterocycles. The summed E-state index contributed by atoms with van der Waals surface area (Å²) >= 11 is 0. The SMILES string of the molecule is C1C[C@@H]2C[C@@H]2COCN1. The maximum Gasteiger partial charge on any atom is 0.0965 e. The molecule has 0 amide bonds. The predicted octanol–water partition coefficient (Wildman–Crippen LogP) is 0.590. The molecule has 1 heterocycles. The molecular formula is C7H13NO. The number of ether oxygens (including phenoxy) is 1. The van der Waals surface area contributed by atoms with Crippen molar-refractivity contribution in [1.82, 2.24) is 5.32 Å². The fourth-order valence-corrected chi connectivity index (χ4v) is 1.51. The molecule has 2 nitrogen and oxygen atoms in total. The summed E-state index contributed by atoms with van der Waals surface area (Å²) in [6.45, 7) is 2.92. The Morgan fingerprint density at radius 3 is 3.33 bits per heavy atom. The van der Waals surface area contributed by atoms with Gasteiger partial charge in [-0.1, -0.05) is 0 Å². The average molecular weight is 127 g/mol. The van der Waals surface area contributed by atoms with Crippen LogP contribution >= 0.6 is 0 Å². The van der Waals surface area contributed by atoms with E-state index in [-0.39, 0.29) is 0 Å². The highest BCUT2D eigenvalue weighted by molar-refractivity contribution is 4.86. The molecule has 1 saturated carbocycles. The summed E-state index contributed by atoms with van der Waals surface area (Å²) in [5, 5.41) is 3.22. The van der Waals surface area contributed by atoms with E-state index in [4.69, 9.17) is 4.74 Å². The van der Waals surface area contributed by atoms with Crippen molar-refractivity contribution in [1.29, 1.82) is 0 Å². The van der Waals surface area contributed by atoms with Crippen molar-refractivity contribution in [3.63, 3.8) is 0 Å². The van der Waals surface area contributed by atoms with Crippen LogP contribution in [0.1, 0.15) is 12.8 Å². The van der Waals surface area contributed by atoms with Gasteiger partial charge in [-0.2, -0.15) is 0 Å². The van der Waals surface area contributed by atoms with Crippen molar-refractivity contribution >= 4 is 0 Å². The van der Waals surface area contributed by atoms with Crippen LogP contribution in [0.2, 0.25) is 0 Å². The molecule has 1 aliphatic heterocycles. The Morgan fingerprint density at radius 2 is 2.33 bits per heavy atom. The molecular weight excluding hydrogens is 114 g/mol. The van der Waals surface area contributed by atoms with Gasteiger partial charge in [0.15, 0.2) is 0 Å². The number of hydrogen-bond donors (Lipinski definition) is 1. The van der Waals surface area contributed by atoms with Crippen LogP contribution in [0.25, 0.3) is 0 Å². The molecule has 52 valence electrons. The minimum Gasteiger partial charge on any atom is -0.366 e. The zero-order valence-electron chi connectivity index (χ0n) is 5.60. The standard InChI is InChI=1S/C7H13NO/c1-2-8-5-9-4-7-3-6(1)7/h6-8H,1-5H2/t6-,7-/m1/s1. The van der Waals surface area contributed by atoms with Gasteiger partial charge in [0.1, 0.15) is 0 Å². The second-order valence-electron chi connectivity index (χ2n) is 3.06. The third-order valence-electron chi connectivity index (χ3n) is 2.30. The molecule has 0 aromatic rings.